The van der Waals surface area contributed by atoms with Crippen LogP contribution >= 0.6 is 15.9 Å². The summed E-state index contributed by atoms with van der Waals surface area (Å²) in [5.41, 5.74) is 7.21. The first-order chi connectivity index (χ1) is 8.43. The fourth-order valence-electron chi connectivity index (χ4n) is 1.62. The van der Waals surface area contributed by atoms with Crippen LogP contribution in [0.15, 0.2) is 28.9 Å². The van der Waals surface area contributed by atoms with Crippen LogP contribution in [0.5, 0.6) is 5.75 Å². The lowest BCUT2D eigenvalue weighted by Gasteiger charge is -2.26. The Morgan fingerprint density at radius 1 is 1.39 bits per heavy atom. The molecule has 0 atom stereocenters. The maximum Gasteiger partial charge on any atom is 0.154 e. The van der Waals surface area contributed by atoms with Gasteiger partial charge in [0.2, 0.25) is 0 Å². The zero-order chi connectivity index (χ0) is 13.3. The van der Waals surface area contributed by atoms with E-state index in [9.17, 15) is 0 Å². The van der Waals surface area contributed by atoms with Gasteiger partial charge in [0.1, 0.15) is 5.60 Å². The summed E-state index contributed by atoms with van der Waals surface area (Å²) < 4.78 is 7.05. The molecule has 0 amide bonds. The van der Waals surface area contributed by atoms with Crippen LogP contribution in [0.4, 0.5) is 5.69 Å². The SMILES string of the molecule is CCC(C)(C)Oc1c(N)cnc2ccc(Br)cc12. The molecule has 0 fully saturated rings. The quantitative estimate of drug-likeness (QED) is 0.926. The summed E-state index contributed by atoms with van der Waals surface area (Å²) in [4.78, 5) is 4.31. The van der Waals surface area contributed by atoms with Gasteiger partial charge in [0.05, 0.1) is 17.4 Å². The molecule has 1 aromatic heterocycles. The average Bonchev–Trinajstić information content (AvgIpc) is 2.33. The van der Waals surface area contributed by atoms with Crippen molar-refractivity contribution in [1.29, 1.82) is 0 Å². The van der Waals surface area contributed by atoms with Gasteiger partial charge in [-0.15, -0.1) is 0 Å². The normalized spacial score (nSPS) is 11.8. The van der Waals surface area contributed by atoms with Crippen molar-refractivity contribution in [2.45, 2.75) is 32.8 Å². The van der Waals surface area contributed by atoms with Gasteiger partial charge in [-0.2, -0.15) is 0 Å². The standard InChI is InChI=1S/C14H17BrN2O/c1-4-14(2,3)18-13-10-7-9(15)5-6-12(10)17-8-11(13)16/h5-8H,4,16H2,1-3H3. The predicted octanol–water partition coefficient (Wildman–Crippen LogP) is 4.15. The van der Waals surface area contributed by atoms with Gasteiger partial charge in [-0.3, -0.25) is 4.98 Å². The number of nitrogen functional groups attached to an aromatic ring is 1. The summed E-state index contributed by atoms with van der Waals surface area (Å²) >= 11 is 3.46. The van der Waals surface area contributed by atoms with Gasteiger partial charge in [0.25, 0.3) is 0 Å². The molecule has 18 heavy (non-hydrogen) atoms. The minimum absolute atomic E-state index is 0.245. The summed E-state index contributed by atoms with van der Waals surface area (Å²) in [5, 5.41) is 0.936. The summed E-state index contributed by atoms with van der Waals surface area (Å²) in [5.74, 6) is 0.716. The lowest BCUT2D eigenvalue weighted by Crippen LogP contribution is -2.27. The number of hydrogen-bond donors (Lipinski definition) is 1. The molecule has 0 bridgehead atoms. The topological polar surface area (TPSA) is 48.1 Å². The molecule has 96 valence electrons. The first-order valence-electron chi connectivity index (χ1n) is 5.96. The maximum atomic E-state index is 6.06. The van der Waals surface area contributed by atoms with Gasteiger partial charge < -0.3 is 10.5 Å². The predicted molar refractivity (Wildman–Crippen MR) is 78.9 cm³/mol. The number of nitrogens with zero attached hydrogens (tertiary/aromatic N) is 1. The summed E-state index contributed by atoms with van der Waals surface area (Å²) in [6.07, 6.45) is 2.56. The largest absolute Gasteiger partial charge is 0.485 e. The fraction of sp³-hybridized carbons (Fsp3) is 0.357. The van der Waals surface area contributed by atoms with E-state index in [0.29, 0.717) is 11.4 Å². The van der Waals surface area contributed by atoms with Gasteiger partial charge in [0, 0.05) is 9.86 Å². The minimum Gasteiger partial charge on any atom is -0.485 e. The molecule has 0 aliphatic rings. The smallest absolute Gasteiger partial charge is 0.154 e. The number of benzene rings is 1. The zero-order valence-electron chi connectivity index (χ0n) is 10.8. The minimum atomic E-state index is -0.245. The Labute approximate surface area is 115 Å². The van der Waals surface area contributed by atoms with E-state index in [1.165, 1.54) is 0 Å². The van der Waals surface area contributed by atoms with Crippen molar-refractivity contribution in [2.75, 3.05) is 5.73 Å². The number of nitrogens with two attached hydrogens (primary N) is 1. The van der Waals surface area contributed by atoms with Crippen LogP contribution in [0.25, 0.3) is 10.9 Å². The van der Waals surface area contributed by atoms with Crippen LogP contribution in [0, 0.1) is 0 Å². The highest BCUT2D eigenvalue weighted by atomic mass is 79.9. The lowest BCUT2D eigenvalue weighted by molar-refractivity contribution is 0.108. The van der Waals surface area contributed by atoms with Crippen molar-refractivity contribution < 1.29 is 4.74 Å². The fourth-order valence-corrected chi connectivity index (χ4v) is 1.98. The number of ether oxygens (including phenoxy) is 1. The van der Waals surface area contributed by atoms with Crippen LogP contribution in [0.3, 0.4) is 0 Å². The summed E-state index contributed by atoms with van der Waals surface area (Å²) in [6, 6.07) is 5.89. The number of aromatic nitrogens is 1. The molecule has 0 saturated carbocycles. The highest BCUT2D eigenvalue weighted by Gasteiger charge is 2.20. The lowest BCUT2D eigenvalue weighted by atomic mass is 10.1. The molecule has 1 aromatic carbocycles. The molecule has 0 spiro atoms. The zero-order valence-corrected chi connectivity index (χ0v) is 12.4. The van der Waals surface area contributed by atoms with Gasteiger partial charge in [-0.05, 0) is 38.5 Å². The molecule has 2 N–H and O–H groups in total. The van der Waals surface area contributed by atoms with Crippen molar-refractivity contribution in [2.24, 2.45) is 0 Å². The molecule has 2 rings (SSSR count). The van der Waals surface area contributed by atoms with Gasteiger partial charge in [-0.1, -0.05) is 22.9 Å². The van der Waals surface area contributed by atoms with Crippen LogP contribution in [-0.4, -0.2) is 10.6 Å². The van der Waals surface area contributed by atoms with Crippen molar-refractivity contribution >= 4 is 32.5 Å². The second-order valence-corrected chi connectivity index (χ2v) is 5.84. The van der Waals surface area contributed by atoms with Crippen molar-refractivity contribution in [3.05, 3.63) is 28.9 Å². The van der Waals surface area contributed by atoms with Gasteiger partial charge in [-0.25, -0.2) is 0 Å². The van der Waals surface area contributed by atoms with Crippen LogP contribution in [0.1, 0.15) is 27.2 Å². The Morgan fingerprint density at radius 2 is 2.11 bits per heavy atom. The van der Waals surface area contributed by atoms with E-state index in [0.717, 1.165) is 21.8 Å². The van der Waals surface area contributed by atoms with Crippen molar-refractivity contribution in [1.82, 2.24) is 4.98 Å². The van der Waals surface area contributed by atoms with Gasteiger partial charge in [0.15, 0.2) is 5.75 Å². The second kappa shape index (κ2) is 4.76. The van der Waals surface area contributed by atoms with E-state index < -0.39 is 0 Å². The number of fused-ring (bicyclic) bond motifs is 1. The van der Waals surface area contributed by atoms with Crippen LogP contribution in [-0.2, 0) is 0 Å². The molecular weight excluding hydrogens is 292 g/mol. The Balaban J connectivity index is 2.60. The van der Waals surface area contributed by atoms with Crippen molar-refractivity contribution in [3.63, 3.8) is 0 Å². The molecular formula is C14H17BrN2O. The van der Waals surface area contributed by atoms with E-state index in [1.54, 1.807) is 6.20 Å². The monoisotopic (exact) mass is 308 g/mol. The number of rotatable bonds is 3. The first-order valence-corrected chi connectivity index (χ1v) is 6.75. The summed E-state index contributed by atoms with van der Waals surface area (Å²) in [7, 11) is 0. The first kappa shape index (κ1) is 13.1. The van der Waals surface area contributed by atoms with Crippen LogP contribution < -0.4 is 10.5 Å². The Hall–Kier alpha value is -1.29. The highest BCUT2D eigenvalue weighted by molar-refractivity contribution is 9.10. The average molecular weight is 309 g/mol. The van der Waals surface area contributed by atoms with E-state index in [4.69, 9.17) is 10.5 Å². The van der Waals surface area contributed by atoms with Crippen LogP contribution in [0.2, 0.25) is 0 Å². The third-order valence-corrected chi connectivity index (χ3v) is 3.53. The molecule has 1 heterocycles. The van der Waals surface area contributed by atoms with E-state index in [1.807, 2.05) is 18.2 Å². The molecule has 0 unspecified atom stereocenters. The Bertz CT molecular complexity index is 576. The Kier molecular flexibility index (Phi) is 3.48. The molecule has 3 nitrogen and oxygen atoms in total. The van der Waals surface area contributed by atoms with E-state index in [-0.39, 0.29) is 5.60 Å². The Morgan fingerprint density at radius 3 is 2.78 bits per heavy atom. The van der Waals surface area contributed by atoms with Crippen molar-refractivity contribution in [3.8, 4) is 5.75 Å². The highest BCUT2D eigenvalue weighted by Crippen LogP contribution is 2.35. The molecule has 0 radical (unpaired) electrons. The van der Waals surface area contributed by atoms with E-state index in [2.05, 4.69) is 41.7 Å². The number of anilines is 1. The number of halogens is 1. The molecule has 0 aliphatic heterocycles. The molecule has 0 saturated heterocycles. The second-order valence-electron chi connectivity index (χ2n) is 4.92. The molecule has 0 aliphatic carbocycles. The van der Waals surface area contributed by atoms with E-state index >= 15 is 0 Å². The third-order valence-electron chi connectivity index (χ3n) is 3.04. The maximum absolute atomic E-state index is 6.06. The number of pyridine rings is 1. The third kappa shape index (κ3) is 2.58. The number of hydrogen-bond acceptors (Lipinski definition) is 3. The van der Waals surface area contributed by atoms with Gasteiger partial charge >= 0.3 is 0 Å². The summed E-state index contributed by atoms with van der Waals surface area (Å²) in [6.45, 7) is 6.20. The molecule has 4 heteroatoms. The molecule has 2 aromatic rings.